The molecule has 1 aliphatic rings. The smallest absolute Gasteiger partial charge is 0.216 e. The Labute approximate surface area is 190 Å². The maximum Gasteiger partial charge on any atom is 0.216 e. The van der Waals surface area contributed by atoms with Gasteiger partial charge in [0.1, 0.15) is 5.82 Å². The predicted octanol–water partition coefficient (Wildman–Crippen LogP) is 2.28. The van der Waals surface area contributed by atoms with Gasteiger partial charge >= 0.3 is 0 Å². The molecule has 0 aromatic heterocycles. The van der Waals surface area contributed by atoms with E-state index < -0.39 is 10.0 Å². The molecule has 10 heteroatoms. The number of guanidine groups is 1. The Bertz CT molecular complexity index is 751. The van der Waals surface area contributed by atoms with Crippen molar-refractivity contribution in [2.75, 3.05) is 39.0 Å². The molecule has 0 aliphatic carbocycles. The number of ether oxygens (including phenoxy) is 1. The molecule has 0 spiro atoms. The standard InChI is InChI=1S/C19H31FN4O3S.HI/c1-5-21-19(23(4)14-17-6-8-18(20)9-7-17)22-10-11-28(25,26)24-12-15(2)27-16(3)13-24;/h6-9,15-16H,5,10-14H2,1-4H3,(H,21,22);1H. The number of aliphatic imine (C=N–C) groups is 1. The normalized spacial score (nSPS) is 20.8. The molecule has 2 unspecified atom stereocenters. The predicted molar refractivity (Wildman–Crippen MR) is 125 cm³/mol. The zero-order valence-electron chi connectivity index (χ0n) is 17.5. The van der Waals surface area contributed by atoms with Crippen molar-refractivity contribution in [1.82, 2.24) is 14.5 Å². The second-order valence-corrected chi connectivity index (χ2v) is 9.20. The molecule has 1 aromatic carbocycles. The van der Waals surface area contributed by atoms with Gasteiger partial charge in [0.05, 0.1) is 24.5 Å². The summed E-state index contributed by atoms with van der Waals surface area (Å²) in [6.07, 6.45) is -0.220. The summed E-state index contributed by atoms with van der Waals surface area (Å²) in [7, 11) is -1.53. The molecular formula is C19H32FIN4O3S. The summed E-state index contributed by atoms with van der Waals surface area (Å²) in [5.41, 5.74) is 0.943. The number of benzene rings is 1. The number of nitrogens with one attached hydrogen (secondary N) is 1. The highest BCUT2D eigenvalue weighted by Gasteiger charge is 2.30. The molecule has 7 nitrogen and oxygen atoms in total. The highest BCUT2D eigenvalue weighted by Crippen LogP contribution is 2.15. The zero-order chi connectivity index (χ0) is 20.7. The van der Waals surface area contributed by atoms with Crippen LogP contribution in [-0.2, 0) is 21.3 Å². The quantitative estimate of drug-likeness (QED) is 0.325. The highest BCUT2D eigenvalue weighted by atomic mass is 127. The van der Waals surface area contributed by atoms with Crippen molar-refractivity contribution in [2.45, 2.75) is 39.5 Å². The van der Waals surface area contributed by atoms with Crippen LogP contribution < -0.4 is 5.32 Å². The van der Waals surface area contributed by atoms with Gasteiger partial charge in [-0.25, -0.2) is 12.8 Å². The van der Waals surface area contributed by atoms with Crippen molar-refractivity contribution in [3.63, 3.8) is 0 Å². The number of halogens is 2. The lowest BCUT2D eigenvalue weighted by Gasteiger charge is -2.34. The maximum absolute atomic E-state index is 13.1. The lowest BCUT2D eigenvalue weighted by Crippen LogP contribution is -2.49. The zero-order valence-corrected chi connectivity index (χ0v) is 20.6. The number of rotatable bonds is 7. The van der Waals surface area contributed by atoms with Gasteiger partial charge < -0.3 is 15.0 Å². The molecule has 0 amide bonds. The average molecular weight is 542 g/mol. The second-order valence-electron chi connectivity index (χ2n) is 7.11. The van der Waals surface area contributed by atoms with Gasteiger partial charge in [-0.1, -0.05) is 12.1 Å². The highest BCUT2D eigenvalue weighted by molar-refractivity contribution is 14.0. The Kier molecular flexibility index (Phi) is 10.8. The van der Waals surface area contributed by atoms with Crippen LogP contribution in [0.15, 0.2) is 29.3 Å². The summed E-state index contributed by atoms with van der Waals surface area (Å²) in [4.78, 5) is 6.36. The van der Waals surface area contributed by atoms with Crippen LogP contribution >= 0.6 is 24.0 Å². The molecule has 29 heavy (non-hydrogen) atoms. The van der Waals surface area contributed by atoms with Crippen LogP contribution in [0.2, 0.25) is 0 Å². The first kappa shape index (κ1) is 26.1. The summed E-state index contributed by atoms with van der Waals surface area (Å²) >= 11 is 0. The van der Waals surface area contributed by atoms with Gasteiger partial charge in [0.25, 0.3) is 0 Å². The summed E-state index contributed by atoms with van der Waals surface area (Å²) in [5.74, 6) is 0.292. The van der Waals surface area contributed by atoms with Crippen LogP contribution in [0, 0.1) is 5.82 Å². The molecule has 1 fully saturated rings. The van der Waals surface area contributed by atoms with E-state index in [0.29, 0.717) is 32.1 Å². The summed E-state index contributed by atoms with van der Waals surface area (Å²) in [6, 6.07) is 6.29. The van der Waals surface area contributed by atoms with Crippen LogP contribution in [-0.4, -0.2) is 74.8 Å². The van der Waals surface area contributed by atoms with E-state index in [2.05, 4.69) is 10.3 Å². The van der Waals surface area contributed by atoms with E-state index in [-0.39, 0.29) is 54.3 Å². The first-order chi connectivity index (χ1) is 13.2. The van der Waals surface area contributed by atoms with Crippen LogP contribution in [0.4, 0.5) is 4.39 Å². The SMILES string of the molecule is CCNC(=NCCS(=O)(=O)N1CC(C)OC(C)C1)N(C)Cc1ccc(F)cc1.I. The van der Waals surface area contributed by atoms with Gasteiger partial charge in [0, 0.05) is 33.2 Å². The van der Waals surface area contributed by atoms with Crippen molar-refractivity contribution in [3.8, 4) is 0 Å². The van der Waals surface area contributed by atoms with Crippen molar-refractivity contribution in [2.24, 2.45) is 4.99 Å². The Hall–Kier alpha value is -0.980. The molecule has 0 saturated carbocycles. The minimum absolute atomic E-state index is 0. The Morgan fingerprint density at radius 2 is 1.86 bits per heavy atom. The van der Waals surface area contributed by atoms with Gasteiger partial charge in [-0.15, -0.1) is 24.0 Å². The fourth-order valence-electron chi connectivity index (χ4n) is 3.16. The first-order valence-electron chi connectivity index (χ1n) is 9.58. The third kappa shape index (κ3) is 8.35. The van der Waals surface area contributed by atoms with E-state index in [1.807, 2.05) is 32.7 Å². The maximum atomic E-state index is 13.1. The molecule has 1 heterocycles. The molecule has 2 rings (SSSR count). The fraction of sp³-hybridized carbons (Fsp3) is 0.632. The van der Waals surface area contributed by atoms with E-state index in [9.17, 15) is 12.8 Å². The third-order valence-corrected chi connectivity index (χ3v) is 6.20. The van der Waals surface area contributed by atoms with Crippen LogP contribution in [0.25, 0.3) is 0 Å². The van der Waals surface area contributed by atoms with Crippen LogP contribution in [0.3, 0.4) is 0 Å². The van der Waals surface area contributed by atoms with E-state index in [0.717, 1.165) is 5.56 Å². The molecule has 1 aliphatic heterocycles. The summed E-state index contributed by atoms with van der Waals surface area (Å²) < 4.78 is 45.5. The van der Waals surface area contributed by atoms with Crippen molar-refractivity contribution in [3.05, 3.63) is 35.6 Å². The van der Waals surface area contributed by atoms with Crippen molar-refractivity contribution >= 4 is 40.0 Å². The van der Waals surface area contributed by atoms with Gasteiger partial charge in [-0.2, -0.15) is 4.31 Å². The van der Waals surface area contributed by atoms with Crippen molar-refractivity contribution < 1.29 is 17.5 Å². The lowest BCUT2D eigenvalue weighted by molar-refractivity contribution is -0.0440. The fourth-order valence-corrected chi connectivity index (χ4v) is 4.62. The average Bonchev–Trinajstić information content (AvgIpc) is 2.62. The van der Waals surface area contributed by atoms with Gasteiger partial charge in [0.2, 0.25) is 10.0 Å². The Morgan fingerprint density at radius 3 is 2.41 bits per heavy atom. The summed E-state index contributed by atoms with van der Waals surface area (Å²) in [5, 5.41) is 3.17. The number of hydrogen-bond donors (Lipinski definition) is 1. The second kappa shape index (κ2) is 12.0. The molecule has 1 N–H and O–H groups in total. The minimum Gasteiger partial charge on any atom is -0.373 e. The first-order valence-corrected chi connectivity index (χ1v) is 11.2. The molecule has 2 atom stereocenters. The van der Waals surface area contributed by atoms with Crippen LogP contribution in [0.1, 0.15) is 26.3 Å². The molecule has 0 bridgehead atoms. The number of nitrogens with zero attached hydrogens (tertiary/aromatic N) is 3. The van der Waals surface area contributed by atoms with Crippen molar-refractivity contribution in [1.29, 1.82) is 0 Å². The minimum atomic E-state index is -3.39. The molecule has 1 saturated heterocycles. The Balaban J connectivity index is 0.00000420. The molecule has 0 radical (unpaired) electrons. The van der Waals surface area contributed by atoms with E-state index in [4.69, 9.17) is 4.74 Å². The summed E-state index contributed by atoms with van der Waals surface area (Å²) in [6.45, 7) is 7.83. The Morgan fingerprint density at radius 1 is 1.28 bits per heavy atom. The van der Waals surface area contributed by atoms with Gasteiger partial charge in [-0.05, 0) is 38.5 Å². The van der Waals surface area contributed by atoms with E-state index in [1.165, 1.54) is 16.4 Å². The van der Waals surface area contributed by atoms with Gasteiger partial charge in [-0.3, -0.25) is 4.99 Å². The number of morpholine rings is 1. The van der Waals surface area contributed by atoms with Gasteiger partial charge in [0.15, 0.2) is 5.96 Å². The number of hydrogen-bond acceptors (Lipinski definition) is 4. The largest absolute Gasteiger partial charge is 0.373 e. The van der Waals surface area contributed by atoms with E-state index >= 15 is 0 Å². The molecule has 1 aromatic rings. The third-order valence-electron chi connectivity index (χ3n) is 4.42. The lowest BCUT2D eigenvalue weighted by atomic mass is 10.2. The topological polar surface area (TPSA) is 74.2 Å². The van der Waals surface area contributed by atoms with E-state index in [1.54, 1.807) is 12.1 Å². The monoisotopic (exact) mass is 542 g/mol. The number of sulfonamides is 1. The molecular weight excluding hydrogens is 510 g/mol. The molecule has 166 valence electrons. The van der Waals surface area contributed by atoms with Crippen LogP contribution in [0.5, 0.6) is 0 Å².